The standard InChI is InChI=1S/C19H30N4O/c1-14-16-7-5-8-17(16)22-18(21-14)11-12-20-19(24)10-9-15-6-3-4-13-23(15)2/h15H,3-13H2,1-2H3,(H,20,24). The molecule has 2 heterocycles. The maximum atomic E-state index is 12.1. The summed E-state index contributed by atoms with van der Waals surface area (Å²) < 4.78 is 0. The molecule has 132 valence electrons. The fourth-order valence-electron chi connectivity index (χ4n) is 4.00. The Hall–Kier alpha value is -1.49. The van der Waals surface area contributed by atoms with Gasteiger partial charge in [-0.3, -0.25) is 4.79 Å². The number of amides is 1. The summed E-state index contributed by atoms with van der Waals surface area (Å²) in [5.74, 6) is 1.03. The molecule has 0 spiro atoms. The lowest BCUT2D eigenvalue weighted by Gasteiger charge is -2.32. The van der Waals surface area contributed by atoms with Crippen LogP contribution < -0.4 is 5.32 Å². The predicted molar refractivity (Wildman–Crippen MR) is 95.0 cm³/mol. The van der Waals surface area contributed by atoms with Gasteiger partial charge >= 0.3 is 0 Å². The first-order valence-electron chi connectivity index (χ1n) is 9.45. The molecule has 1 aliphatic heterocycles. The lowest BCUT2D eigenvalue weighted by atomic mass is 9.98. The van der Waals surface area contributed by atoms with Gasteiger partial charge in [-0.15, -0.1) is 0 Å². The number of nitrogens with one attached hydrogen (secondary N) is 1. The molecule has 24 heavy (non-hydrogen) atoms. The van der Waals surface area contributed by atoms with E-state index in [1.54, 1.807) is 0 Å². The zero-order valence-corrected chi connectivity index (χ0v) is 15.1. The molecule has 1 saturated heterocycles. The predicted octanol–water partition coefficient (Wildman–Crippen LogP) is 2.20. The molecule has 5 heteroatoms. The second kappa shape index (κ2) is 8.06. The summed E-state index contributed by atoms with van der Waals surface area (Å²) in [5, 5.41) is 3.04. The van der Waals surface area contributed by atoms with Gasteiger partial charge in [0.05, 0.1) is 0 Å². The second-order valence-electron chi connectivity index (χ2n) is 7.27. The number of nitrogens with zero attached hydrogens (tertiary/aromatic N) is 3. The van der Waals surface area contributed by atoms with Crippen molar-refractivity contribution in [2.24, 2.45) is 0 Å². The van der Waals surface area contributed by atoms with E-state index in [4.69, 9.17) is 0 Å². The molecule has 1 fully saturated rings. The summed E-state index contributed by atoms with van der Waals surface area (Å²) in [7, 11) is 2.18. The number of hydrogen-bond acceptors (Lipinski definition) is 4. The number of piperidine rings is 1. The van der Waals surface area contributed by atoms with E-state index in [2.05, 4.69) is 34.2 Å². The molecule has 1 aliphatic carbocycles. The van der Waals surface area contributed by atoms with Crippen molar-refractivity contribution < 1.29 is 4.79 Å². The summed E-state index contributed by atoms with van der Waals surface area (Å²) in [6.45, 7) is 3.88. The van der Waals surface area contributed by atoms with Gasteiger partial charge in [-0.1, -0.05) is 6.42 Å². The van der Waals surface area contributed by atoms with Crippen molar-refractivity contribution in [2.45, 2.75) is 70.8 Å². The number of aryl methyl sites for hydroxylation is 2. The normalized spacial score (nSPS) is 20.8. The Kier molecular flexibility index (Phi) is 5.82. The second-order valence-corrected chi connectivity index (χ2v) is 7.27. The molecule has 5 nitrogen and oxygen atoms in total. The Balaban J connectivity index is 1.40. The average Bonchev–Trinajstić information content (AvgIpc) is 3.03. The molecule has 2 aliphatic rings. The summed E-state index contributed by atoms with van der Waals surface area (Å²) in [6.07, 6.45) is 9.53. The van der Waals surface area contributed by atoms with Crippen molar-refractivity contribution in [1.29, 1.82) is 0 Å². The Morgan fingerprint density at radius 1 is 1.25 bits per heavy atom. The summed E-state index contributed by atoms with van der Waals surface area (Å²) in [4.78, 5) is 23.7. The van der Waals surface area contributed by atoms with Crippen molar-refractivity contribution >= 4 is 5.91 Å². The van der Waals surface area contributed by atoms with Gasteiger partial charge in [-0.25, -0.2) is 9.97 Å². The third-order valence-electron chi connectivity index (χ3n) is 5.48. The molecular formula is C19H30N4O. The molecule has 1 atom stereocenters. The Bertz CT molecular complexity index is 587. The fourth-order valence-corrected chi connectivity index (χ4v) is 4.00. The van der Waals surface area contributed by atoms with Crippen LogP contribution in [0.4, 0.5) is 0 Å². The number of aromatic nitrogens is 2. The van der Waals surface area contributed by atoms with Gasteiger partial charge in [-0.05, 0) is 64.6 Å². The largest absolute Gasteiger partial charge is 0.356 e. The van der Waals surface area contributed by atoms with Crippen molar-refractivity contribution in [3.8, 4) is 0 Å². The van der Waals surface area contributed by atoms with Crippen LogP contribution in [0.25, 0.3) is 0 Å². The van der Waals surface area contributed by atoms with E-state index in [-0.39, 0.29) is 5.91 Å². The van der Waals surface area contributed by atoms with Crippen LogP contribution in [0.2, 0.25) is 0 Å². The minimum Gasteiger partial charge on any atom is -0.356 e. The molecular weight excluding hydrogens is 300 g/mol. The Labute approximate surface area is 145 Å². The van der Waals surface area contributed by atoms with Gasteiger partial charge in [0.2, 0.25) is 5.91 Å². The van der Waals surface area contributed by atoms with Gasteiger partial charge in [0, 0.05) is 36.8 Å². The third kappa shape index (κ3) is 4.32. The van der Waals surface area contributed by atoms with Crippen molar-refractivity contribution in [3.05, 3.63) is 22.8 Å². The minimum absolute atomic E-state index is 0.159. The third-order valence-corrected chi connectivity index (χ3v) is 5.48. The highest BCUT2D eigenvalue weighted by molar-refractivity contribution is 5.75. The highest BCUT2D eigenvalue weighted by Gasteiger charge is 2.20. The van der Waals surface area contributed by atoms with Crippen LogP contribution >= 0.6 is 0 Å². The van der Waals surface area contributed by atoms with E-state index in [0.29, 0.717) is 19.0 Å². The molecule has 0 radical (unpaired) electrons. The lowest BCUT2D eigenvalue weighted by Crippen LogP contribution is -2.37. The minimum atomic E-state index is 0.159. The van der Waals surface area contributed by atoms with Crippen LogP contribution in [0.3, 0.4) is 0 Å². The molecule has 3 rings (SSSR count). The number of likely N-dealkylation sites (tertiary alicyclic amines) is 1. The van der Waals surface area contributed by atoms with Crippen LogP contribution in [0, 0.1) is 6.92 Å². The van der Waals surface area contributed by atoms with Crippen LogP contribution in [-0.4, -0.2) is 47.0 Å². The number of fused-ring (bicyclic) bond motifs is 1. The zero-order chi connectivity index (χ0) is 16.9. The molecule has 0 bridgehead atoms. The van der Waals surface area contributed by atoms with E-state index in [0.717, 1.165) is 37.2 Å². The zero-order valence-electron chi connectivity index (χ0n) is 15.1. The smallest absolute Gasteiger partial charge is 0.220 e. The van der Waals surface area contributed by atoms with Crippen molar-refractivity contribution in [3.63, 3.8) is 0 Å². The number of carbonyl (C=O) groups excluding carboxylic acids is 1. The quantitative estimate of drug-likeness (QED) is 0.869. The van der Waals surface area contributed by atoms with E-state index in [1.165, 1.54) is 43.5 Å². The van der Waals surface area contributed by atoms with Gasteiger partial charge in [0.1, 0.15) is 5.82 Å². The highest BCUT2D eigenvalue weighted by atomic mass is 16.1. The van der Waals surface area contributed by atoms with Crippen molar-refractivity contribution in [1.82, 2.24) is 20.2 Å². The monoisotopic (exact) mass is 330 g/mol. The SMILES string of the molecule is Cc1nc(CCNC(=O)CCC2CCCCN2C)nc2c1CCC2. The number of rotatable bonds is 6. The Morgan fingerprint density at radius 2 is 2.12 bits per heavy atom. The van der Waals surface area contributed by atoms with E-state index >= 15 is 0 Å². The lowest BCUT2D eigenvalue weighted by molar-refractivity contribution is -0.121. The average molecular weight is 330 g/mol. The molecule has 1 N–H and O–H groups in total. The van der Waals surface area contributed by atoms with Crippen LogP contribution in [0.1, 0.15) is 61.3 Å². The molecule has 0 saturated carbocycles. The van der Waals surface area contributed by atoms with Gasteiger partial charge in [0.25, 0.3) is 0 Å². The van der Waals surface area contributed by atoms with Crippen LogP contribution in [-0.2, 0) is 24.1 Å². The van der Waals surface area contributed by atoms with E-state index in [1.807, 2.05) is 0 Å². The maximum Gasteiger partial charge on any atom is 0.220 e. The van der Waals surface area contributed by atoms with Crippen LogP contribution in [0.15, 0.2) is 0 Å². The van der Waals surface area contributed by atoms with Crippen LogP contribution in [0.5, 0.6) is 0 Å². The number of carbonyl (C=O) groups is 1. The first-order valence-corrected chi connectivity index (χ1v) is 9.45. The molecule has 1 unspecified atom stereocenters. The topological polar surface area (TPSA) is 58.1 Å². The van der Waals surface area contributed by atoms with Gasteiger partial charge < -0.3 is 10.2 Å². The first kappa shape index (κ1) is 17.3. The number of hydrogen-bond donors (Lipinski definition) is 1. The van der Waals surface area contributed by atoms with E-state index < -0.39 is 0 Å². The van der Waals surface area contributed by atoms with Gasteiger partial charge in [-0.2, -0.15) is 0 Å². The van der Waals surface area contributed by atoms with E-state index in [9.17, 15) is 4.79 Å². The van der Waals surface area contributed by atoms with Gasteiger partial charge in [0.15, 0.2) is 0 Å². The first-order chi connectivity index (χ1) is 11.6. The molecule has 1 aromatic rings. The molecule has 1 aromatic heterocycles. The summed E-state index contributed by atoms with van der Waals surface area (Å²) in [5.41, 5.74) is 3.70. The Morgan fingerprint density at radius 3 is 2.96 bits per heavy atom. The summed E-state index contributed by atoms with van der Waals surface area (Å²) in [6, 6.07) is 0.576. The van der Waals surface area contributed by atoms with Crippen molar-refractivity contribution in [2.75, 3.05) is 20.1 Å². The maximum absolute atomic E-state index is 12.1. The molecule has 0 aromatic carbocycles. The highest BCUT2D eigenvalue weighted by Crippen LogP contribution is 2.22. The molecule has 1 amide bonds. The summed E-state index contributed by atoms with van der Waals surface area (Å²) >= 11 is 0. The fraction of sp³-hybridized carbons (Fsp3) is 0.737.